The number of aryl methyl sites for hydroxylation is 1. The van der Waals surface area contributed by atoms with Gasteiger partial charge in [0.05, 0.1) is 0 Å². The molecule has 0 atom stereocenters. The fraction of sp³-hybridized carbons (Fsp3) is 0.0769. The molecule has 0 spiro atoms. The van der Waals surface area contributed by atoms with Crippen LogP contribution in [-0.2, 0) is 7.05 Å². The predicted molar refractivity (Wildman–Crippen MR) is 60.4 cm³/mol. The summed E-state index contributed by atoms with van der Waals surface area (Å²) in [4.78, 5) is 0. The maximum Gasteiger partial charge on any atom is 0.123 e. The first kappa shape index (κ1) is 8.48. The van der Waals surface area contributed by atoms with Crippen LogP contribution in [0.15, 0.2) is 42.5 Å². The van der Waals surface area contributed by atoms with Gasteiger partial charge in [0.2, 0.25) is 0 Å². The zero-order chi connectivity index (χ0) is 10.4. The van der Waals surface area contributed by atoms with E-state index in [0.717, 1.165) is 21.8 Å². The minimum absolute atomic E-state index is 0.182. The summed E-state index contributed by atoms with van der Waals surface area (Å²) in [5.74, 6) is -0.182. The van der Waals surface area contributed by atoms with E-state index in [2.05, 4.69) is 4.57 Å². The first-order valence-electron chi connectivity index (χ1n) is 4.90. The first-order valence-corrected chi connectivity index (χ1v) is 4.90. The van der Waals surface area contributed by atoms with Gasteiger partial charge in [-0.25, -0.2) is 4.39 Å². The van der Waals surface area contributed by atoms with Gasteiger partial charge in [-0.15, -0.1) is 0 Å². The van der Waals surface area contributed by atoms with Crippen LogP contribution in [0.5, 0.6) is 0 Å². The van der Waals surface area contributed by atoms with Crippen molar-refractivity contribution in [1.29, 1.82) is 0 Å². The second-order valence-corrected chi connectivity index (χ2v) is 3.74. The molecule has 1 heterocycles. The SMILES string of the molecule is Cn1c2ccccc2c2cc(F)ccc21. The van der Waals surface area contributed by atoms with Gasteiger partial charge in [-0.05, 0) is 24.3 Å². The molecule has 0 amide bonds. The van der Waals surface area contributed by atoms with Gasteiger partial charge in [0.1, 0.15) is 5.82 Å². The van der Waals surface area contributed by atoms with Gasteiger partial charge in [-0.1, -0.05) is 18.2 Å². The molecule has 0 bridgehead atoms. The second-order valence-electron chi connectivity index (χ2n) is 3.74. The molecule has 3 aromatic rings. The Balaban J connectivity index is 2.64. The van der Waals surface area contributed by atoms with Gasteiger partial charge in [-0.3, -0.25) is 0 Å². The van der Waals surface area contributed by atoms with Crippen molar-refractivity contribution >= 4 is 21.8 Å². The highest BCUT2D eigenvalue weighted by atomic mass is 19.1. The number of benzene rings is 2. The van der Waals surface area contributed by atoms with Crippen molar-refractivity contribution in [1.82, 2.24) is 4.57 Å². The Morgan fingerprint density at radius 1 is 0.933 bits per heavy atom. The van der Waals surface area contributed by atoms with Gasteiger partial charge >= 0.3 is 0 Å². The van der Waals surface area contributed by atoms with Gasteiger partial charge in [-0.2, -0.15) is 0 Å². The maximum atomic E-state index is 13.2. The fourth-order valence-electron chi connectivity index (χ4n) is 2.14. The second kappa shape index (κ2) is 2.83. The third kappa shape index (κ3) is 1.08. The van der Waals surface area contributed by atoms with Crippen molar-refractivity contribution in [2.24, 2.45) is 7.05 Å². The Kier molecular flexibility index (Phi) is 1.60. The van der Waals surface area contributed by atoms with Gasteiger partial charge in [0.15, 0.2) is 0 Å². The highest BCUT2D eigenvalue weighted by molar-refractivity contribution is 6.07. The number of hydrogen-bond donors (Lipinski definition) is 0. The molecule has 0 saturated heterocycles. The highest BCUT2D eigenvalue weighted by Crippen LogP contribution is 2.28. The molecule has 0 unspecified atom stereocenters. The van der Waals surface area contributed by atoms with E-state index in [0.29, 0.717) is 0 Å². The lowest BCUT2D eigenvalue weighted by molar-refractivity contribution is 0.629. The number of rotatable bonds is 0. The van der Waals surface area contributed by atoms with E-state index in [1.165, 1.54) is 6.07 Å². The van der Waals surface area contributed by atoms with Crippen LogP contribution in [0.25, 0.3) is 21.8 Å². The van der Waals surface area contributed by atoms with Crippen molar-refractivity contribution in [3.8, 4) is 0 Å². The molecule has 0 N–H and O–H groups in total. The molecule has 3 rings (SSSR count). The maximum absolute atomic E-state index is 13.2. The zero-order valence-electron chi connectivity index (χ0n) is 8.37. The number of aromatic nitrogens is 1. The molecule has 15 heavy (non-hydrogen) atoms. The minimum Gasteiger partial charge on any atom is -0.344 e. The van der Waals surface area contributed by atoms with Crippen LogP contribution in [0, 0.1) is 5.82 Å². The summed E-state index contributed by atoms with van der Waals surface area (Å²) in [6.45, 7) is 0. The Hall–Kier alpha value is -1.83. The molecule has 0 aliphatic rings. The van der Waals surface area contributed by atoms with E-state index < -0.39 is 0 Å². The van der Waals surface area contributed by atoms with Crippen molar-refractivity contribution in [2.75, 3.05) is 0 Å². The topological polar surface area (TPSA) is 4.93 Å². The van der Waals surface area contributed by atoms with Crippen molar-refractivity contribution in [3.63, 3.8) is 0 Å². The van der Waals surface area contributed by atoms with Crippen LogP contribution in [0.1, 0.15) is 0 Å². The fourth-order valence-corrected chi connectivity index (χ4v) is 2.14. The van der Waals surface area contributed by atoms with E-state index in [1.807, 2.05) is 37.4 Å². The summed E-state index contributed by atoms with van der Waals surface area (Å²) in [5.41, 5.74) is 2.20. The van der Waals surface area contributed by atoms with Crippen LogP contribution < -0.4 is 0 Å². The van der Waals surface area contributed by atoms with E-state index in [-0.39, 0.29) is 5.82 Å². The summed E-state index contributed by atoms with van der Waals surface area (Å²) in [6, 6.07) is 13.0. The lowest BCUT2D eigenvalue weighted by atomic mass is 10.1. The number of hydrogen-bond acceptors (Lipinski definition) is 0. The molecule has 0 saturated carbocycles. The number of para-hydroxylation sites is 1. The quantitative estimate of drug-likeness (QED) is 0.522. The van der Waals surface area contributed by atoms with Crippen molar-refractivity contribution in [2.45, 2.75) is 0 Å². The lowest BCUT2D eigenvalue weighted by Crippen LogP contribution is -1.85. The van der Waals surface area contributed by atoms with Gasteiger partial charge in [0.25, 0.3) is 0 Å². The Morgan fingerprint density at radius 2 is 1.67 bits per heavy atom. The summed E-state index contributed by atoms with van der Waals surface area (Å²) in [6.07, 6.45) is 0. The molecular weight excluding hydrogens is 189 g/mol. The van der Waals surface area contributed by atoms with E-state index >= 15 is 0 Å². The lowest BCUT2D eigenvalue weighted by Gasteiger charge is -1.96. The Morgan fingerprint density at radius 3 is 2.53 bits per heavy atom. The standard InChI is InChI=1S/C13H10FN/c1-15-12-5-3-2-4-10(12)11-8-9(14)6-7-13(11)15/h2-8H,1H3. The van der Waals surface area contributed by atoms with Crippen LogP contribution in [-0.4, -0.2) is 4.57 Å². The first-order chi connectivity index (χ1) is 7.27. The molecule has 2 aromatic carbocycles. The van der Waals surface area contributed by atoms with Crippen LogP contribution >= 0.6 is 0 Å². The number of nitrogens with zero attached hydrogens (tertiary/aromatic N) is 1. The summed E-state index contributed by atoms with van der Waals surface area (Å²) < 4.78 is 15.3. The predicted octanol–water partition coefficient (Wildman–Crippen LogP) is 3.47. The molecule has 0 fully saturated rings. The molecule has 1 nitrogen and oxygen atoms in total. The van der Waals surface area contributed by atoms with Crippen LogP contribution in [0.3, 0.4) is 0 Å². The average molecular weight is 199 g/mol. The van der Waals surface area contributed by atoms with E-state index in [1.54, 1.807) is 6.07 Å². The summed E-state index contributed by atoms with van der Waals surface area (Å²) in [7, 11) is 2.00. The summed E-state index contributed by atoms with van der Waals surface area (Å²) in [5, 5.41) is 2.09. The number of halogens is 1. The normalized spacial score (nSPS) is 11.3. The van der Waals surface area contributed by atoms with Crippen LogP contribution in [0.2, 0.25) is 0 Å². The third-order valence-electron chi connectivity index (χ3n) is 2.88. The van der Waals surface area contributed by atoms with Gasteiger partial charge < -0.3 is 4.57 Å². The average Bonchev–Trinajstić information content (AvgIpc) is 2.54. The largest absolute Gasteiger partial charge is 0.344 e. The monoisotopic (exact) mass is 199 g/mol. The Bertz CT molecular complexity index is 652. The minimum atomic E-state index is -0.182. The number of fused-ring (bicyclic) bond motifs is 3. The Labute approximate surface area is 86.7 Å². The van der Waals surface area contributed by atoms with E-state index in [4.69, 9.17) is 0 Å². The molecule has 74 valence electrons. The van der Waals surface area contributed by atoms with Gasteiger partial charge in [0, 0.05) is 28.9 Å². The summed E-state index contributed by atoms with van der Waals surface area (Å²) >= 11 is 0. The van der Waals surface area contributed by atoms with Crippen LogP contribution in [0.4, 0.5) is 4.39 Å². The molecular formula is C13H10FN. The molecule has 0 radical (unpaired) electrons. The molecule has 0 aliphatic carbocycles. The molecule has 1 aromatic heterocycles. The van der Waals surface area contributed by atoms with E-state index in [9.17, 15) is 4.39 Å². The van der Waals surface area contributed by atoms with Crippen molar-refractivity contribution in [3.05, 3.63) is 48.3 Å². The molecule has 0 aliphatic heterocycles. The van der Waals surface area contributed by atoms with Crippen molar-refractivity contribution < 1.29 is 4.39 Å². The molecule has 2 heteroatoms. The highest BCUT2D eigenvalue weighted by Gasteiger charge is 2.07. The smallest absolute Gasteiger partial charge is 0.123 e. The zero-order valence-corrected chi connectivity index (χ0v) is 8.37. The third-order valence-corrected chi connectivity index (χ3v) is 2.88.